The van der Waals surface area contributed by atoms with E-state index in [1.807, 2.05) is 59.2 Å². The molecule has 0 N–H and O–H groups in total. The summed E-state index contributed by atoms with van der Waals surface area (Å²) in [6.07, 6.45) is 3.64. The van der Waals surface area contributed by atoms with Gasteiger partial charge in [0.15, 0.2) is 16.3 Å². The standard InChI is InChI=1S/C28H19ClN2O3S/c29-21-8-4-3-7-19(21)26-20-11-10-17-5-1-2-6-18(17)25(20)30-28-31(26)27(32)24(35-28)14-16-9-12-22-23(13-16)34-15-33-22/h1-9,12-14,26H,10-11,15H2/b24-14-/t26-/m1/s1. The molecule has 7 rings (SSSR count). The van der Waals surface area contributed by atoms with Crippen LogP contribution in [0.25, 0.3) is 11.8 Å². The second kappa shape index (κ2) is 7.97. The molecule has 0 unspecified atom stereocenters. The number of nitrogens with zero attached hydrogens (tertiary/aromatic N) is 2. The van der Waals surface area contributed by atoms with Crippen LogP contribution in [0.1, 0.15) is 34.7 Å². The lowest BCUT2D eigenvalue weighted by molar-refractivity contribution is 0.174. The molecule has 3 aliphatic rings. The Labute approximate surface area is 209 Å². The van der Waals surface area contributed by atoms with Crippen molar-refractivity contribution >= 4 is 34.7 Å². The van der Waals surface area contributed by atoms with E-state index < -0.39 is 0 Å². The number of benzene rings is 3. The average molecular weight is 499 g/mol. The van der Waals surface area contributed by atoms with Gasteiger partial charge in [-0.1, -0.05) is 71.5 Å². The smallest absolute Gasteiger partial charge is 0.271 e. The number of halogens is 1. The molecule has 0 radical (unpaired) electrons. The third-order valence-corrected chi connectivity index (χ3v) is 8.09. The molecule has 35 heavy (non-hydrogen) atoms. The fourth-order valence-corrected chi connectivity index (χ4v) is 6.39. The summed E-state index contributed by atoms with van der Waals surface area (Å²) >= 11 is 8.10. The highest BCUT2D eigenvalue weighted by atomic mass is 35.5. The van der Waals surface area contributed by atoms with Gasteiger partial charge >= 0.3 is 0 Å². The van der Waals surface area contributed by atoms with Crippen molar-refractivity contribution in [3.63, 3.8) is 0 Å². The SMILES string of the molecule is O=c1/c(=C/c2ccc3c(c2)OCO3)sc2n1[C@H](c1ccccc1Cl)C1=C(N=2)c2ccccc2CC1. The predicted octanol–water partition coefficient (Wildman–Crippen LogP) is 4.70. The lowest BCUT2D eigenvalue weighted by Crippen LogP contribution is -2.38. The van der Waals surface area contributed by atoms with Crippen LogP contribution in [-0.4, -0.2) is 11.4 Å². The van der Waals surface area contributed by atoms with Crippen molar-refractivity contribution in [1.29, 1.82) is 0 Å². The predicted molar refractivity (Wildman–Crippen MR) is 137 cm³/mol. The zero-order chi connectivity index (χ0) is 23.5. The van der Waals surface area contributed by atoms with Gasteiger partial charge in [-0.05, 0) is 59.4 Å². The Morgan fingerprint density at radius 2 is 1.83 bits per heavy atom. The van der Waals surface area contributed by atoms with Crippen molar-refractivity contribution in [2.75, 3.05) is 6.79 Å². The molecular formula is C28H19ClN2O3S. The summed E-state index contributed by atoms with van der Waals surface area (Å²) in [6.45, 7) is 0.214. The minimum absolute atomic E-state index is 0.0678. The lowest BCUT2D eigenvalue weighted by Gasteiger charge is -2.31. The third-order valence-electron chi connectivity index (χ3n) is 6.77. The molecule has 0 spiro atoms. The van der Waals surface area contributed by atoms with Crippen LogP contribution >= 0.6 is 22.9 Å². The van der Waals surface area contributed by atoms with Gasteiger partial charge in [0.05, 0.1) is 16.3 Å². The van der Waals surface area contributed by atoms with Crippen LogP contribution in [0.2, 0.25) is 5.02 Å². The molecule has 2 aliphatic heterocycles. The van der Waals surface area contributed by atoms with Crippen molar-refractivity contribution in [2.45, 2.75) is 18.9 Å². The first kappa shape index (κ1) is 20.7. The van der Waals surface area contributed by atoms with Gasteiger partial charge < -0.3 is 9.47 Å². The van der Waals surface area contributed by atoms with E-state index in [9.17, 15) is 4.79 Å². The summed E-state index contributed by atoms with van der Waals surface area (Å²) in [5, 5.41) is 0.649. The fraction of sp³-hybridized carbons (Fsp3) is 0.143. The number of rotatable bonds is 2. The van der Waals surface area contributed by atoms with Gasteiger partial charge in [0.1, 0.15) is 0 Å². The van der Waals surface area contributed by atoms with E-state index in [2.05, 4.69) is 18.2 Å². The van der Waals surface area contributed by atoms with E-state index >= 15 is 0 Å². The molecule has 5 nitrogen and oxygen atoms in total. The molecular weight excluding hydrogens is 480 g/mol. The molecule has 0 fully saturated rings. The number of hydrogen-bond acceptors (Lipinski definition) is 5. The van der Waals surface area contributed by atoms with Crippen LogP contribution in [0.3, 0.4) is 0 Å². The zero-order valence-corrected chi connectivity index (χ0v) is 20.1. The second-order valence-corrected chi connectivity index (χ2v) is 10.2. The summed E-state index contributed by atoms with van der Waals surface area (Å²) in [4.78, 5) is 19.6. The van der Waals surface area contributed by atoms with Crippen molar-refractivity contribution in [3.05, 3.63) is 119 Å². The number of thiazole rings is 1. The first-order valence-corrected chi connectivity index (χ1v) is 12.6. The molecule has 1 aliphatic carbocycles. The summed E-state index contributed by atoms with van der Waals surface area (Å²) in [6, 6.07) is 21.6. The van der Waals surface area contributed by atoms with E-state index in [-0.39, 0.29) is 18.4 Å². The maximum absolute atomic E-state index is 13.8. The molecule has 0 saturated heterocycles. The van der Waals surface area contributed by atoms with E-state index in [0.717, 1.165) is 40.8 Å². The quantitative estimate of drug-likeness (QED) is 0.402. The third kappa shape index (κ3) is 3.28. The number of aromatic nitrogens is 1. The van der Waals surface area contributed by atoms with Gasteiger partial charge in [0.25, 0.3) is 5.56 Å². The Hall–Kier alpha value is -3.61. The number of ether oxygens (including phenoxy) is 2. The Balaban J connectivity index is 1.48. The van der Waals surface area contributed by atoms with Crippen LogP contribution in [0.15, 0.2) is 82.1 Å². The highest BCUT2D eigenvalue weighted by Crippen LogP contribution is 2.42. The molecule has 0 bridgehead atoms. The lowest BCUT2D eigenvalue weighted by atomic mass is 9.83. The maximum Gasteiger partial charge on any atom is 0.271 e. The van der Waals surface area contributed by atoms with Gasteiger partial charge in [-0.3, -0.25) is 9.36 Å². The van der Waals surface area contributed by atoms with Crippen LogP contribution in [0.5, 0.6) is 11.5 Å². The molecule has 0 amide bonds. The van der Waals surface area contributed by atoms with E-state index in [0.29, 0.717) is 25.9 Å². The zero-order valence-electron chi connectivity index (χ0n) is 18.5. The Kier molecular flexibility index (Phi) is 4.72. The van der Waals surface area contributed by atoms with Gasteiger partial charge in [0.2, 0.25) is 6.79 Å². The number of fused-ring (bicyclic) bond motifs is 4. The van der Waals surface area contributed by atoms with Crippen molar-refractivity contribution in [2.24, 2.45) is 4.99 Å². The minimum atomic E-state index is -0.290. The van der Waals surface area contributed by atoms with Crippen molar-refractivity contribution in [1.82, 2.24) is 4.57 Å². The van der Waals surface area contributed by atoms with Crippen molar-refractivity contribution < 1.29 is 9.47 Å². The molecule has 4 aromatic rings. The first-order chi connectivity index (χ1) is 17.2. The molecule has 3 aromatic carbocycles. The summed E-state index contributed by atoms with van der Waals surface area (Å²) in [5.41, 5.74) is 6.26. The molecule has 172 valence electrons. The van der Waals surface area contributed by atoms with Gasteiger partial charge in [-0.25, -0.2) is 4.99 Å². The molecule has 1 aromatic heterocycles. The summed E-state index contributed by atoms with van der Waals surface area (Å²) in [5.74, 6) is 1.40. The molecule has 7 heteroatoms. The highest BCUT2D eigenvalue weighted by molar-refractivity contribution is 7.07. The van der Waals surface area contributed by atoms with Crippen LogP contribution < -0.4 is 24.4 Å². The largest absolute Gasteiger partial charge is 0.454 e. The van der Waals surface area contributed by atoms with Gasteiger partial charge in [-0.15, -0.1) is 0 Å². The summed E-state index contributed by atoms with van der Waals surface area (Å²) in [7, 11) is 0. The number of hydrogen-bond donors (Lipinski definition) is 0. The van der Waals surface area contributed by atoms with Crippen LogP contribution in [0, 0.1) is 0 Å². The second-order valence-electron chi connectivity index (χ2n) is 8.75. The van der Waals surface area contributed by atoms with E-state index in [1.54, 1.807) is 0 Å². The van der Waals surface area contributed by atoms with Crippen molar-refractivity contribution in [3.8, 4) is 11.5 Å². The Morgan fingerprint density at radius 1 is 1.00 bits per heavy atom. The van der Waals surface area contributed by atoms with E-state index in [1.165, 1.54) is 16.9 Å². The van der Waals surface area contributed by atoms with Crippen LogP contribution in [0.4, 0.5) is 0 Å². The molecule has 0 saturated carbocycles. The van der Waals surface area contributed by atoms with Gasteiger partial charge in [-0.2, -0.15) is 0 Å². The summed E-state index contributed by atoms with van der Waals surface area (Å²) < 4.78 is 13.4. The number of aryl methyl sites for hydroxylation is 1. The molecule has 3 heterocycles. The van der Waals surface area contributed by atoms with Crippen LogP contribution in [-0.2, 0) is 6.42 Å². The molecule has 1 atom stereocenters. The average Bonchev–Trinajstić information content (AvgIpc) is 3.47. The monoisotopic (exact) mass is 498 g/mol. The first-order valence-electron chi connectivity index (χ1n) is 11.4. The van der Waals surface area contributed by atoms with Gasteiger partial charge in [0, 0.05) is 10.6 Å². The maximum atomic E-state index is 13.8. The Bertz CT molecular complexity index is 1730. The minimum Gasteiger partial charge on any atom is -0.454 e. The van der Waals surface area contributed by atoms with E-state index in [4.69, 9.17) is 26.1 Å². The topological polar surface area (TPSA) is 52.8 Å². The Morgan fingerprint density at radius 3 is 2.74 bits per heavy atom. The normalized spacial score (nSPS) is 18.1. The number of allylic oxidation sites excluding steroid dienone is 1. The highest BCUT2D eigenvalue weighted by Gasteiger charge is 2.33. The fourth-order valence-electron chi connectivity index (χ4n) is 5.15.